The van der Waals surface area contributed by atoms with Gasteiger partial charge in [-0.25, -0.2) is 0 Å². The van der Waals surface area contributed by atoms with Gasteiger partial charge in [-0.3, -0.25) is 14.6 Å². The topological polar surface area (TPSA) is 65.7 Å². The van der Waals surface area contributed by atoms with Crippen LogP contribution in [0.3, 0.4) is 0 Å². The van der Waals surface area contributed by atoms with Gasteiger partial charge in [-0.05, 0) is 25.0 Å². The molecule has 0 N–H and O–H groups in total. The van der Waals surface area contributed by atoms with Gasteiger partial charge < -0.3 is 9.42 Å². The maximum Gasteiger partial charge on any atom is 0.240 e. The number of fused-ring (bicyclic) bond motifs is 4. The molecule has 7 nitrogen and oxygen atoms in total. The van der Waals surface area contributed by atoms with Crippen LogP contribution in [0.1, 0.15) is 24.6 Å². The summed E-state index contributed by atoms with van der Waals surface area (Å²) in [5, 5.41) is 4.04. The van der Waals surface area contributed by atoms with Crippen LogP contribution in [0.4, 0.5) is 0 Å². The Bertz CT molecular complexity index is 564. The molecule has 2 atom stereocenters. The van der Waals surface area contributed by atoms with Gasteiger partial charge in [0.05, 0.1) is 18.8 Å². The van der Waals surface area contributed by atoms with Gasteiger partial charge in [0.2, 0.25) is 11.8 Å². The molecule has 0 aliphatic carbocycles. The van der Waals surface area contributed by atoms with E-state index in [0.717, 1.165) is 37.8 Å². The molecule has 0 saturated carbocycles. The number of hydrogen-bond acceptors (Lipinski definition) is 7. The molecule has 134 valence electrons. The van der Waals surface area contributed by atoms with Crippen molar-refractivity contribution in [2.75, 3.05) is 46.5 Å². The third-order valence-electron chi connectivity index (χ3n) is 4.88. The Kier molecular flexibility index (Phi) is 5.78. The van der Waals surface area contributed by atoms with Gasteiger partial charge >= 0.3 is 0 Å². The summed E-state index contributed by atoms with van der Waals surface area (Å²) in [6.45, 7) is 4.25. The predicted molar refractivity (Wildman–Crippen MR) is 93.6 cm³/mol. The second-order valence-electron chi connectivity index (χ2n) is 7.05. The number of amides is 1. The zero-order valence-corrected chi connectivity index (χ0v) is 15.6. The summed E-state index contributed by atoms with van der Waals surface area (Å²) < 4.78 is 5.40. The van der Waals surface area contributed by atoms with E-state index in [1.807, 2.05) is 20.4 Å². The number of thioether (sulfide) groups is 1. The molecule has 1 aromatic heterocycles. The number of likely N-dealkylation sites (N-methyl/N-ethyl adjacent to an activating group) is 1. The van der Waals surface area contributed by atoms with Gasteiger partial charge in [0.25, 0.3) is 0 Å². The van der Waals surface area contributed by atoms with Crippen molar-refractivity contribution < 1.29 is 9.32 Å². The van der Waals surface area contributed by atoms with E-state index in [0.29, 0.717) is 24.4 Å². The van der Waals surface area contributed by atoms with Crippen LogP contribution in [0.25, 0.3) is 0 Å². The largest absolute Gasteiger partial charge is 0.348 e. The van der Waals surface area contributed by atoms with Crippen molar-refractivity contribution in [1.29, 1.82) is 0 Å². The van der Waals surface area contributed by atoms with E-state index in [4.69, 9.17) is 4.52 Å². The first-order valence-electron chi connectivity index (χ1n) is 8.52. The summed E-state index contributed by atoms with van der Waals surface area (Å²) in [5.41, 5.74) is 0. The molecule has 1 amide bonds. The summed E-state index contributed by atoms with van der Waals surface area (Å²) in [4.78, 5) is 23.0. The lowest BCUT2D eigenvalue weighted by molar-refractivity contribution is -0.130. The maximum atomic E-state index is 12.0. The molecule has 1 aromatic rings. The van der Waals surface area contributed by atoms with E-state index in [2.05, 4.69) is 19.9 Å². The highest BCUT2D eigenvalue weighted by Crippen LogP contribution is 2.29. The van der Waals surface area contributed by atoms with Crippen molar-refractivity contribution in [3.8, 4) is 0 Å². The molecule has 0 aromatic carbocycles. The number of rotatable bonds is 6. The third-order valence-corrected chi connectivity index (χ3v) is 5.43. The highest BCUT2D eigenvalue weighted by Gasteiger charge is 2.36. The number of hydrogen-bond donors (Lipinski definition) is 0. The molecule has 8 heteroatoms. The lowest BCUT2D eigenvalue weighted by Gasteiger charge is -2.35. The maximum absolute atomic E-state index is 12.0. The van der Waals surface area contributed by atoms with Crippen LogP contribution in [0.5, 0.6) is 0 Å². The zero-order chi connectivity index (χ0) is 17.1. The molecular formula is C16H27N5O2S. The molecule has 3 aliphatic heterocycles. The minimum Gasteiger partial charge on any atom is -0.348 e. The average Bonchev–Trinajstić information content (AvgIpc) is 2.79. The van der Waals surface area contributed by atoms with E-state index in [1.165, 1.54) is 12.8 Å². The van der Waals surface area contributed by atoms with E-state index in [9.17, 15) is 4.79 Å². The SMILES string of the molecule is CSCc1noc(CN2C[C@@H]3CC[C@H]2CN(CC(=O)N(C)C)C3)n1. The summed E-state index contributed by atoms with van der Waals surface area (Å²) >= 11 is 1.70. The van der Waals surface area contributed by atoms with Crippen LogP contribution >= 0.6 is 11.8 Å². The lowest BCUT2D eigenvalue weighted by Crippen LogP contribution is -2.44. The van der Waals surface area contributed by atoms with Gasteiger partial charge in [-0.15, -0.1) is 0 Å². The molecule has 3 aliphatic rings. The Hall–Kier alpha value is -1.12. The minimum atomic E-state index is 0.182. The number of aromatic nitrogens is 2. The number of nitrogens with zero attached hydrogens (tertiary/aromatic N) is 5. The fourth-order valence-corrected chi connectivity index (χ4v) is 4.02. The summed E-state index contributed by atoms with van der Waals surface area (Å²) in [6, 6.07) is 0.467. The normalized spacial score (nSPS) is 25.0. The lowest BCUT2D eigenvalue weighted by atomic mass is 9.95. The van der Waals surface area contributed by atoms with Gasteiger partial charge in [-0.2, -0.15) is 16.7 Å². The van der Waals surface area contributed by atoms with Gasteiger partial charge in [0.1, 0.15) is 0 Å². The highest BCUT2D eigenvalue weighted by atomic mass is 32.2. The first-order valence-corrected chi connectivity index (χ1v) is 9.91. The summed E-state index contributed by atoms with van der Waals surface area (Å²) in [5.74, 6) is 3.07. The van der Waals surface area contributed by atoms with Gasteiger partial charge in [-0.1, -0.05) is 5.16 Å². The molecule has 3 saturated heterocycles. The molecule has 3 fully saturated rings. The molecule has 24 heavy (non-hydrogen) atoms. The second-order valence-corrected chi connectivity index (χ2v) is 7.91. The predicted octanol–water partition coefficient (Wildman–Crippen LogP) is 0.917. The quantitative estimate of drug-likeness (QED) is 0.753. The van der Waals surface area contributed by atoms with Crippen LogP contribution in [0.15, 0.2) is 4.52 Å². The van der Waals surface area contributed by atoms with Crippen LogP contribution < -0.4 is 0 Å². The fraction of sp³-hybridized carbons (Fsp3) is 0.812. The molecule has 0 spiro atoms. The number of carbonyl (C=O) groups excluding carboxylic acids is 1. The Morgan fingerprint density at radius 2 is 2.17 bits per heavy atom. The third kappa shape index (κ3) is 4.29. The van der Waals surface area contributed by atoms with E-state index in [-0.39, 0.29) is 5.91 Å². The van der Waals surface area contributed by atoms with Crippen LogP contribution in [0, 0.1) is 5.92 Å². The first-order chi connectivity index (χ1) is 11.5. The molecule has 4 rings (SSSR count). The van der Waals surface area contributed by atoms with E-state index >= 15 is 0 Å². The fourth-order valence-electron chi connectivity index (χ4n) is 3.65. The molecule has 2 bridgehead atoms. The van der Waals surface area contributed by atoms with Crippen molar-refractivity contribution in [2.45, 2.75) is 31.2 Å². The Labute approximate surface area is 147 Å². The van der Waals surface area contributed by atoms with E-state index < -0.39 is 0 Å². The zero-order valence-electron chi connectivity index (χ0n) is 14.8. The Balaban J connectivity index is 1.61. The van der Waals surface area contributed by atoms with Gasteiger partial charge in [0.15, 0.2) is 5.82 Å². The van der Waals surface area contributed by atoms with Crippen molar-refractivity contribution in [3.63, 3.8) is 0 Å². The van der Waals surface area contributed by atoms with E-state index in [1.54, 1.807) is 16.7 Å². The molecule has 4 heterocycles. The first kappa shape index (κ1) is 17.7. The minimum absolute atomic E-state index is 0.182. The van der Waals surface area contributed by atoms with Crippen LogP contribution in [-0.4, -0.2) is 83.3 Å². The van der Waals surface area contributed by atoms with Crippen LogP contribution in [0.2, 0.25) is 0 Å². The van der Waals surface area contributed by atoms with Crippen molar-refractivity contribution in [2.24, 2.45) is 5.92 Å². The summed E-state index contributed by atoms with van der Waals surface area (Å²) in [6.07, 6.45) is 4.46. The monoisotopic (exact) mass is 353 g/mol. The Morgan fingerprint density at radius 1 is 1.33 bits per heavy atom. The van der Waals surface area contributed by atoms with Crippen LogP contribution in [-0.2, 0) is 17.1 Å². The Morgan fingerprint density at radius 3 is 2.92 bits per heavy atom. The molecular weight excluding hydrogens is 326 g/mol. The van der Waals surface area contributed by atoms with Crippen molar-refractivity contribution in [1.82, 2.24) is 24.8 Å². The second kappa shape index (κ2) is 7.84. The molecule has 0 unspecified atom stereocenters. The standard InChI is InChI=1S/C16H27N5O2S/c1-19(2)16(22)10-20-6-12-4-5-13(8-20)21(7-12)9-15-17-14(11-24-3)18-23-15/h12-13H,4-11H2,1-3H3/t12-,13+/m1/s1. The van der Waals surface area contributed by atoms with Crippen molar-refractivity contribution in [3.05, 3.63) is 11.7 Å². The van der Waals surface area contributed by atoms with Crippen molar-refractivity contribution >= 4 is 17.7 Å². The highest BCUT2D eigenvalue weighted by molar-refractivity contribution is 7.97. The summed E-state index contributed by atoms with van der Waals surface area (Å²) in [7, 11) is 3.64. The van der Waals surface area contributed by atoms with Gasteiger partial charge in [0, 0.05) is 39.8 Å². The molecule has 0 radical (unpaired) electrons. The number of carbonyl (C=O) groups is 1. The average molecular weight is 353 g/mol. The smallest absolute Gasteiger partial charge is 0.240 e. The number of piperidine rings is 1.